The minimum atomic E-state index is -0.150. The van der Waals surface area contributed by atoms with Gasteiger partial charge in [0, 0.05) is 37.0 Å². The summed E-state index contributed by atoms with van der Waals surface area (Å²) in [6, 6.07) is 3.51. The van der Waals surface area contributed by atoms with E-state index >= 15 is 0 Å². The van der Waals surface area contributed by atoms with Gasteiger partial charge in [-0.05, 0) is 44.7 Å². The van der Waals surface area contributed by atoms with Crippen molar-refractivity contribution in [3.05, 3.63) is 39.8 Å². The lowest BCUT2D eigenvalue weighted by Gasteiger charge is -2.28. The summed E-state index contributed by atoms with van der Waals surface area (Å²) < 4.78 is 1.61. The van der Waals surface area contributed by atoms with Crippen LogP contribution in [0, 0.1) is 6.92 Å². The minimum absolute atomic E-state index is 0.0360. The van der Waals surface area contributed by atoms with E-state index in [-0.39, 0.29) is 11.6 Å². The van der Waals surface area contributed by atoms with E-state index in [0.717, 1.165) is 42.9 Å². The van der Waals surface area contributed by atoms with Crippen LogP contribution in [0.1, 0.15) is 43.4 Å². The van der Waals surface area contributed by atoms with Crippen LogP contribution in [0.4, 0.5) is 5.82 Å². The number of pyridine rings is 1. The van der Waals surface area contributed by atoms with Crippen LogP contribution < -0.4 is 16.2 Å². The highest BCUT2D eigenvalue weighted by Crippen LogP contribution is 2.21. The SMILES string of the molecule is Cc1cc(C(C)N)c2nc(N3CCCCC3)cc(=O)n2c1. The molecule has 1 saturated heterocycles. The molecule has 1 unspecified atom stereocenters. The Hall–Kier alpha value is -1.88. The molecule has 0 aromatic carbocycles. The molecule has 5 heteroatoms. The largest absolute Gasteiger partial charge is 0.356 e. The average Bonchev–Trinajstić information content (AvgIpc) is 2.48. The van der Waals surface area contributed by atoms with Crippen LogP contribution in [0.2, 0.25) is 0 Å². The predicted molar refractivity (Wildman–Crippen MR) is 84.9 cm³/mol. The van der Waals surface area contributed by atoms with Crippen molar-refractivity contribution >= 4 is 11.5 Å². The summed E-state index contributed by atoms with van der Waals surface area (Å²) in [5.41, 5.74) is 8.65. The van der Waals surface area contributed by atoms with Crippen molar-refractivity contribution in [1.82, 2.24) is 9.38 Å². The molecule has 5 nitrogen and oxygen atoms in total. The summed E-state index contributed by atoms with van der Waals surface area (Å²) in [4.78, 5) is 19.4. The number of aromatic nitrogens is 2. The van der Waals surface area contributed by atoms with Crippen molar-refractivity contribution < 1.29 is 0 Å². The lowest BCUT2D eigenvalue weighted by molar-refractivity contribution is 0.573. The Balaban J connectivity index is 2.19. The van der Waals surface area contributed by atoms with E-state index in [1.165, 1.54) is 6.42 Å². The molecule has 1 aliphatic rings. The quantitative estimate of drug-likeness (QED) is 0.917. The Bertz CT molecular complexity index is 714. The second kappa shape index (κ2) is 5.48. The van der Waals surface area contributed by atoms with Crippen LogP contribution in [0.15, 0.2) is 23.1 Å². The van der Waals surface area contributed by atoms with E-state index in [0.29, 0.717) is 5.65 Å². The summed E-state index contributed by atoms with van der Waals surface area (Å²) in [6.07, 6.45) is 5.41. The second-order valence-electron chi connectivity index (χ2n) is 5.96. The van der Waals surface area contributed by atoms with Crippen LogP contribution in [0.3, 0.4) is 0 Å². The zero-order valence-electron chi connectivity index (χ0n) is 12.7. The highest BCUT2D eigenvalue weighted by atomic mass is 16.1. The lowest BCUT2D eigenvalue weighted by Crippen LogP contribution is -2.32. The first kappa shape index (κ1) is 14.1. The maximum absolute atomic E-state index is 12.4. The number of rotatable bonds is 2. The molecule has 0 bridgehead atoms. The van der Waals surface area contributed by atoms with Crippen molar-refractivity contribution in [3.8, 4) is 0 Å². The summed E-state index contributed by atoms with van der Waals surface area (Å²) in [5, 5.41) is 0. The van der Waals surface area contributed by atoms with Gasteiger partial charge in [0.2, 0.25) is 0 Å². The van der Waals surface area contributed by atoms with Crippen molar-refractivity contribution in [1.29, 1.82) is 0 Å². The number of hydrogen-bond acceptors (Lipinski definition) is 4. The predicted octanol–water partition coefficient (Wildman–Crippen LogP) is 2.01. The molecule has 1 atom stereocenters. The molecule has 112 valence electrons. The van der Waals surface area contributed by atoms with Gasteiger partial charge < -0.3 is 10.6 Å². The van der Waals surface area contributed by atoms with Crippen LogP contribution in [-0.2, 0) is 0 Å². The van der Waals surface area contributed by atoms with E-state index in [4.69, 9.17) is 10.7 Å². The number of nitrogens with zero attached hydrogens (tertiary/aromatic N) is 3. The highest BCUT2D eigenvalue weighted by Gasteiger charge is 2.16. The van der Waals surface area contributed by atoms with E-state index in [1.54, 1.807) is 10.5 Å². The summed E-state index contributed by atoms with van der Waals surface area (Å²) in [7, 11) is 0. The van der Waals surface area contributed by atoms with Crippen LogP contribution in [0.25, 0.3) is 5.65 Å². The Kier molecular flexibility index (Phi) is 3.68. The number of hydrogen-bond donors (Lipinski definition) is 1. The van der Waals surface area contributed by atoms with Gasteiger partial charge in [0.1, 0.15) is 11.5 Å². The van der Waals surface area contributed by atoms with Crippen molar-refractivity contribution in [2.45, 2.75) is 39.2 Å². The fourth-order valence-corrected chi connectivity index (χ4v) is 2.98. The van der Waals surface area contributed by atoms with Crippen LogP contribution >= 0.6 is 0 Å². The van der Waals surface area contributed by atoms with Gasteiger partial charge in [0.25, 0.3) is 5.56 Å². The fraction of sp³-hybridized carbons (Fsp3) is 0.500. The maximum atomic E-state index is 12.4. The topological polar surface area (TPSA) is 63.6 Å². The minimum Gasteiger partial charge on any atom is -0.356 e. The molecule has 2 aromatic heterocycles. The van der Waals surface area contributed by atoms with E-state index in [9.17, 15) is 4.79 Å². The molecule has 3 rings (SSSR count). The van der Waals surface area contributed by atoms with Crippen LogP contribution in [0.5, 0.6) is 0 Å². The molecule has 2 aromatic rings. The molecular weight excluding hydrogens is 264 g/mol. The first-order chi connectivity index (χ1) is 10.1. The third-order valence-electron chi connectivity index (χ3n) is 4.08. The van der Waals surface area contributed by atoms with Gasteiger partial charge >= 0.3 is 0 Å². The molecule has 2 N–H and O–H groups in total. The van der Waals surface area contributed by atoms with Gasteiger partial charge in [0.05, 0.1) is 0 Å². The fourth-order valence-electron chi connectivity index (χ4n) is 2.98. The van der Waals surface area contributed by atoms with Gasteiger partial charge in [-0.15, -0.1) is 0 Å². The Labute approximate surface area is 124 Å². The summed E-state index contributed by atoms with van der Waals surface area (Å²) in [5.74, 6) is 0.783. The first-order valence-corrected chi connectivity index (χ1v) is 7.61. The van der Waals surface area contributed by atoms with Gasteiger partial charge in [-0.3, -0.25) is 9.20 Å². The van der Waals surface area contributed by atoms with Gasteiger partial charge in [-0.1, -0.05) is 0 Å². The van der Waals surface area contributed by atoms with Crippen LogP contribution in [-0.4, -0.2) is 22.5 Å². The number of piperidine rings is 1. The normalized spacial score (nSPS) is 17.2. The lowest BCUT2D eigenvalue weighted by atomic mass is 10.1. The van der Waals surface area contributed by atoms with Gasteiger partial charge in [0.15, 0.2) is 0 Å². The molecule has 0 aliphatic carbocycles. The highest BCUT2D eigenvalue weighted by molar-refractivity contribution is 5.55. The van der Waals surface area contributed by atoms with Crippen molar-refractivity contribution in [2.75, 3.05) is 18.0 Å². The van der Waals surface area contributed by atoms with E-state index in [1.807, 2.05) is 26.1 Å². The monoisotopic (exact) mass is 286 g/mol. The first-order valence-electron chi connectivity index (χ1n) is 7.61. The summed E-state index contributed by atoms with van der Waals surface area (Å²) in [6.45, 7) is 5.84. The molecule has 21 heavy (non-hydrogen) atoms. The van der Waals surface area contributed by atoms with E-state index < -0.39 is 0 Å². The zero-order valence-corrected chi connectivity index (χ0v) is 12.7. The molecule has 3 heterocycles. The second-order valence-corrected chi connectivity index (χ2v) is 5.96. The number of nitrogens with two attached hydrogens (primary N) is 1. The smallest absolute Gasteiger partial charge is 0.259 e. The number of aryl methyl sites for hydroxylation is 1. The Morgan fingerprint density at radius 3 is 2.62 bits per heavy atom. The number of fused-ring (bicyclic) bond motifs is 1. The Morgan fingerprint density at radius 1 is 1.24 bits per heavy atom. The Morgan fingerprint density at radius 2 is 1.95 bits per heavy atom. The van der Waals surface area contributed by atoms with Crippen molar-refractivity contribution in [2.24, 2.45) is 5.73 Å². The summed E-state index contributed by atoms with van der Waals surface area (Å²) >= 11 is 0. The third-order valence-corrected chi connectivity index (χ3v) is 4.08. The molecule has 0 radical (unpaired) electrons. The number of anilines is 1. The molecule has 0 saturated carbocycles. The average molecular weight is 286 g/mol. The molecule has 0 spiro atoms. The maximum Gasteiger partial charge on any atom is 0.259 e. The molecular formula is C16H22N4O. The van der Waals surface area contributed by atoms with E-state index in [2.05, 4.69) is 4.90 Å². The standard InChI is InChI=1S/C16H22N4O/c1-11-8-13(12(2)17)16-18-14(9-15(21)20(16)10-11)19-6-4-3-5-7-19/h8-10,12H,3-7,17H2,1-2H3. The third kappa shape index (κ3) is 2.65. The molecule has 0 amide bonds. The van der Waals surface area contributed by atoms with Crippen molar-refractivity contribution in [3.63, 3.8) is 0 Å². The molecule has 1 aliphatic heterocycles. The van der Waals surface area contributed by atoms with Gasteiger partial charge in [-0.2, -0.15) is 0 Å². The molecule has 1 fully saturated rings. The zero-order chi connectivity index (χ0) is 15.0. The van der Waals surface area contributed by atoms with Gasteiger partial charge in [-0.25, -0.2) is 4.98 Å².